The van der Waals surface area contributed by atoms with Crippen molar-refractivity contribution in [2.45, 2.75) is 19.4 Å². The molecule has 24 heavy (non-hydrogen) atoms. The molecule has 3 rings (SSSR count). The van der Waals surface area contributed by atoms with Crippen molar-refractivity contribution in [2.24, 2.45) is 0 Å². The van der Waals surface area contributed by atoms with Crippen molar-refractivity contribution in [1.82, 2.24) is 10.2 Å². The molecule has 0 saturated heterocycles. The van der Waals surface area contributed by atoms with E-state index < -0.39 is 17.4 Å². The smallest absolute Gasteiger partial charge is 0.319 e. The zero-order chi connectivity index (χ0) is 17.5. The van der Waals surface area contributed by atoms with Crippen LogP contribution in [-0.2, 0) is 15.1 Å². The summed E-state index contributed by atoms with van der Waals surface area (Å²) in [5, 5.41) is 17.4. The van der Waals surface area contributed by atoms with Crippen LogP contribution in [0.1, 0.15) is 19.4 Å². The topological polar surface area (TPSA) is 111 Å². The Kier molecular flexibility index (Phi) is 3.76. The second-order valence-electron chi connectivity index (χ2n) is 6.17. The molecule has 0 radical (unpaired) electrons. The number of urea groups is 1. The van der Waals surface area contributed by atoms with Crippen LogP contribution in [0.2, 0.25) is 0 Å². The molecule has 4 amide bonds. The van der Waals surface area contributed by atoms with Gasteiger partial charge >= 0.3 is 6.03 Å². The standard InChI is InChI=1S/C16H18N4O4/c1-16(2)10-7-9(3-4-11(10)18-15(24)19-16)17-12-8-13(22)20(5-6-21)14(12)23/h3-4,7-8,17,21H,5-6H2,1-2H3,(H2,18,19,24). The molecule has 2 heterocycles. The van der Waals surface area contributed by atoms with E-state index in [1.54, 1.807) is 12.1 Å². The number of β-amino-alcohol motifs (C(OH)–C–C–N with tert-alkyl or cyclic N) is 1. The number of hydrogen-bond acceptors (Lipinski definition) is 5. The molecule has 8 heteroatoms. The second kappa shape index (κ2) is 5.64. The molecule has 0 unspecified atom stereocenters. The lowest BCUT2D eigenvalue weighted by molar-refractivity contribution is -0.137. The van der Waals surface area contributed by atoms with E-state index in [0.29, 0.717) is 11.4 Å². The highest BCUT2D eigenvalue weighted by molar-refractivity contribution is 6.17. The number of rotatable bonds is 4. The van der Waals surface area contributed by atoms with Crippen LogP contribution < -0.4 is 16.0 Å². The number of carbonyl (C=O) groups is 3. The van der Waals surface area contributed by atoms with Gasteiger partial charge in [0.25, 0.3) is 11.8 Å². The largest absolute Gasteiger partial charge is 0.395 e. The summed E-state index contributed by atoms with van der Waals surface area (Å²) in [6.45, 7) is 3.44. The average molecular weight is 330 g/mol. The van der Waals surface area contributed by atoms with Crippen molar-refractivity contribution >= 4 is 29.2 Å². The van der Waals surface area contributed by atoms with Crippen LogP contribution in [0.3, 0.4) is 0 Å². The molecule has 0 fully saturated rings. The number of amides is 4. The molecular weight excluding hydrogens is 312 g/mol. The van der Waals surface area contributed by atoms with Gasteiger partial charge in [-0.3, -0.25) is 14.5 Å². The maximum Gasteiger partial charge on any atom is 0.319 e. The Labute approximate surface area is 138 Å². The Hall–Kier alpha value is -2.87. The minimum Gasteiger partial charge on any atom is -0.395 e. The summed E-state index contributed by atoms with van der Waals surface area (Å²) < 4.78 is 0. The summed E-state index contributed by atoms with van der Waals surface area (Å²) in [6.07, 6.45) is 1.21. The normalized spacial score (nSPS) is 18.7. The molecule has 0 spiro atoms. The summed E-state index contributed by atoms with van der Waals surface area (Å²) in [4.78, 5) is 36.5. The molecule has 4 N–H and O–H groups in total. The number of imide groups is 1. The number of nitrogens with zero attached hydrogens (tertiary/aromatic N) is 1. The first-order valence-electron chi connectivity index (χ1n) is 7.51. The Balaban J connectivity index is 1.85. The predicted molar refractivity (Wildman–Crippen MR) is 87.1 cm³/mol. The first-order valence-corrected chi connectivity index (χ1v) is 7.51. The van der Waals surface area contributed by atoms with Crippen molar-refractivity contribution in [3.8, 4) is 0 Å². The van der Waals surface area contributed by atoms with Crippen LogP contribution in [-0.4, -0.2) is 41.0 Å². The fraction of sp³-hybridized carbons (Fsp3) is 0.312. The highest BCUT2D eigenvalue weighted by Gasteiger charge is 2.33. The van der Waals surface area contributed by atoms with Crippen molar-refractivity contribution in [1.29, 1.82) is 0 Å². The highest BCUT2D eigenvalue weighted by atomic mass is 16.3. The Morgan fingerprint density at radius 3 is 2.71 bits per heavy atom. The van der Waals surface area contributed by atoms with E-state index in [-0.39, 0.29) is 24.9 Å². The molecule has 2 aliphatic rings. The minimum atomic E-state index is -0.567. The molecule has 1 aromatic rings. The number of aliphatic hydroxyl groups excluding tert-OH is 1. The SMILES string of the molecule is CC1(C)NC(=O)Nc2ccc(NC3=CC(=O)N(CCO)C3=O)cc21. The summed E-state index contributed by atoms with van der Waals surface area (Å²) in [5.74, 6) is -0.929. The molecule has 1 aromatic carbocycles. The molecule has 0 aliphatic carbocycles. The van der Waals surface area contributed by atoms with Crippen LogP contribution >= 0.6 is 0 Å². The van der Waals surface area contributed by atoms with E-state index in [4.69, 9.17) is 5.11 Å². The van der Waals surface area contributed by atoms with Gasteiger partial charge in [-0.25, -0.2) is 4.79 Å². The minimum absolute atomic E-state index is 0.0352. The molecule has 0 saturated carbocycles. The number of anilines is 2. The van der Waals surface area contributed by atoms with E-state index in [2.05, 4.69) is 16.0 Å². The van der Waals surface area contributed by atoms with Crippen LogP contribution in [0.15, 0.2) is 30.0 Å². The lowest BCUT2D eigenvalue weighted by atomic mass is 9.90. The third kappa shape index (κ3) is 2.71. The molecule has 8 nitrogen and oxygen atoms in total. The fourth-order valence-electron chi connectivity index (χ4n) is 2.82. The Morgan fingerprint density at radius 2 is 2.00 bits per heavy atom. The molecule has 0 atom stereocenters. The predicted octanol–water partition coefficient (Wildman–Crippen LogP) is 0.714. The zero-order valence-electron chi connectivity index (χ0n) is 13.3. The van der Waals surface area contributed by atoms with Gasteiger partial charge in [-0.05, 0) is 32.0 Å². The summed E-state index contributed by atoms with van der Waals surface area (Å²) in [5.41, 5.74) is 1.76. The van der Waals surface area contributed by atoms with Crippen molar-refractivity contribution in [3.05, 3.63) is 35.5 Å². The van der Waals surface area contributed by atoms with Crippen LogP contribution in [0.5, 0.6) is 0 Å². The summed E-state index contributed by atoms with van der Waals surface area (Å²) >= 11 is 0. The monoisotopic (exact) mass is 330 g/mol. The number of benzene rings is 1. The van der Waals surface area contributed by atoms with E-state index in [1.807, 2.05) is 19.9 Å². The van der Waals surface area contributed by atoms with Gasteiger partial charge in [-0.1, -0.05) is 0 Å². The van der Waals surface area contributed by atoms with Crippen molar-refractivity contribution in [3.63, 3.8) is 0 Å². The molecule has 0 bridgehead atoms. The summed E-state index contributed by atoms with van der Waals surface area (Å²) in [6, 6.07) is 5.00. The maximum absolute atomic E-state index is 12.2. The average Bonchev–Trinajstić information content (AvgIpc) is 2.75. The number of hydrogen-bond donors (Lipinski definition) is 4. The van der Waals surface area contributed by atoms with Crippen molar-refractivity contribution in [2.75, 3.05) is 23.8 Å². The molecule has 0 aromatic heterocycles. The van der Waals surface area contributed by atoms with E-state index in [1.165, 1.54) is 6.08 Å². The lowest BCUT2D eigenvalue weighted by Crippen LogP contribution is -2.47. The maximum atomic E-state index is 12.2. The van der Waals surface area contributed by atoms with Crippen molar-refractivity contribution < 1.29 is 19.5 Å². The van der Waals surface area contributed by atoms with Gasteiger partial charge in [0, 0.05) is 23.0 Å². The third-order valence-corrected chi connectivity index (χ3v) is 3.98. The Bertz CT molecular complexity index is 769. The van der Waals surface area contributed by atoms with E-state index in [9.17, 15) is 14.4 Å². The van der Waals surface area contributed by atoms with Gasteiger partial charge in [-0.15, -0.1) is 0 Å². The van der Waals surface area contributed by atoms with Gasteiger partial charge in [-0.2, -0.15) is 0 Å². The number of aliphatic hydroxyl groups is 1. The summed E-state index contributed by atoms with van der Waals surface area (Å²) in [7, 11) is 0. The second-order valence-corrected chi connectivity index (χ2v) is 6.17. The first kappa shape index (κ1) is 16.0. The van der Waals surface area contributed by atoms with Crippen LogP contribution in [0.25, 0.3) is 0 Å². The zero-order valence-corrected chi connectivity index (χ0v) is 13.3. The van der Waals surface area contributed by atoms with E-state index in [0.717, 1.165) is 10.5 Å². The third-order valence-electron chi connectivity index (χ3n) is 3.98. The van der Waals surface area contributed by atoms with Gasteiger partial charge < -0.3 is 21.1 Å². The number of carbonyl (C=O) groups excluding carboxylic acids is 3. The van der Waals surface area contributed by atoms with Crippen LogP contribution in [0, 0.1) is 0 Å². The van der Waals surface area contributed by atoms with Gasteiger partial charge in [0.1, 0.15) is 5.70 Å². The van der Waals surface area contributed by atoms with Gasteiger partial charge in [0.2, 0.25) is 0 Å². The Morgan fingerprint density at radius 1 is 1.25 bits per heavy atom. The number of fused-ring (bicyclic) bond motifs is 1. The lowest BCUT2D eigenvalue weighted by Gasteiger charge is -2.34. The first-order chi connectivity index (χ1) is 11.3. The van der Waals surface area contributed by atoms with E-state index >= 15 is 0 Å². The van der Waals surface area contributed by atoms with Gasteiger partial charge in [0.15, 0.2) is 0 Å². The molecule has 126 valence electrons. The molecular formula is C16H18N4O4. The molecule has 2 aliphatic heterocycles. The fourth-order valence-corrected chi connectivity index (χ4v) is 2.82. The highest BCUT2D eigenvalue weighted by Crippen LogP contribution is 2.34. The quantitative estimate of drug-likeness (QED) is 0.608. The van der Waals surface area contributed by atoms with Gasteiger partial charge in [0.05, 0.1) is 18.7 Å². The van der Waals surface area contributed by atoms with Crippen LogP contribution in [0.4, 0.5) is 16.2 Å². The number of nitrogens with one attached hydrogen (secondary N) is 3.